The number of amides is 2. The molecule has 0 saturated heterocycles. The van der Waals surface area contributed by atoms with E-state index in [0.29, 0.717) is 5.92 Å². The van der Waals surface area contributed by atoms with Gasteiger partial charge in [0.1, 0.15) is 6.04 Å². The molecule has 0 aliphatic heterocycles. The van der Waals surface area contributed by atoms with Crippen molar-refractivity contribution in [3.8, 4) is 0 Å². The van der Waals surface area contributed by atoms with Crippen LogP contribution in [-0.4, -0.2) is 17.9 Å². The van der Waals surface area contributed by atoms with Crippen LogP contribution in [0.5, 0.6) is 0 Å². The maximum Gasteiger partial charge on any atom is 0.240 e. The summed E-state index contributed by atoms with van der Waals surface area (Å²) in [5, 5.41) is 2.80. The van der Waals surface area contributed by atoms with Crippen molar-refractivity contribution in [2.24, 2.45) is 17.6 Å². The second kappa shape index (κ2) is 8.70. The van der Waals surface area contributed by atoms with Gasteiger partial charge in [-0.05, 0) is 36.3 Å². The molecule has 0 fully saturated rings. The fourth-order valence-electron chi connectivity index (χ4n) is 2.57. The Morgan fingerprint density at radius 3 is 2.09 bits per heavy atom. The maximum absolute atomic E-state index is 12.4. The molecule has 3 N–H and O–H groups in total. The number of rotatable bonds is 8. The Morgan fingerprint density at radius 1 is 1.09 bits per heavy atom. The van der Waals surface area contributed by atoms with Crippen LogP contribution < -0.4 is 11.1 Å². The fraction of sp³-hybridized carbons (Fsp3) is 0.579. The lowest BCUT2D eigenvalue weighted by molar-refractivity contribution is -0.129. The smallest absolute Gasteiger partial charge is 0.240 e. The first kappa shape index (κ1) is 19.2. The average molecular weight is 318 g/mol. The third-order valence-electron chi connectivity index (χ3n) is 4.33. The van der Waals surface area contributed by atoms with Gasteiger partial charge in [0.15, 0.2) is 0 Å². The topological polar surface area (TPSA) is 72.2 Å². The van der Waals surface area contributed by atoms with Crippen LogP contribution >= 0.6 is 0 Å². The zero-order valence-corrected chi connectivity index (χ0v) is 14.9. The van der Waals surface area contributed by atoms with E-state index >= 15 is 0 Å². The molecule has 0 radical (unpaired) electrons. The minimum atomic E-state index is -0.616. The molecule has 0 saturated carbocycles. The van der Waals surface area contributed by atoms with E-state index < -0.39 is 11.9 Å². The van der Waals surface area contributed by atoms with Gasteiger partial charge in [-0.15, -0.1) is 0 Å². The van der Waals surface area contributed by atoms with Gasteiger partial charge in [-0.1, -0.05) is 58.4 Å². The number of carbonyl (C=O) groups is 2. The highest BCUT2D eigenvalue weighted by Crippen LogP contribution is 2.19. The predicted molar refractivity (Wildman–Crippen MR) is 94.0 cm³/mol. The molecule has 0 bridgehead atoms. The van der Waals surface area contributed by atoms with E-state index in [2.05, 4.69) is 31.3 Å². The highest BCUT2D eigenvalue weighted by atomic mass is 16.2. The molecule has 4 heteroatoms. The number of primary amides is 1. The van der Waals surface area contributed by atoms with Crippen LogP contribution in [0.25, 0.3) is 0 Å². The van der Waals surface area contributed by atoms with Crippen molar-refractivity contribution in [3.05, 3.63) is 35.4 Å². The molecule has 2 amide bonds. The summed E-state index contributed by atoms with van der Waals surface area (Å²) in [5.41, 5.74) is 7.63. The lowest BCUT2D eigenvalue weighted by atomic mass is 9.94. The molecule has 4 nitrogen and oxygen atoms in total. The number of benzene rings is 1. The molecular formula is C19H30N2O2. The molecular weight excluding hydrogens is 288 g/mol. The van der Waals surface area contributed by atoms with Gasteiger partial charge in [0.2, 0.25) is 11.8 Å². The van der Waals surface area contributed by atoms with Crippen molar-refractivity contribution in [3.63, 3.8) is 0 Å². The Hall–Kier alpha value is -1.84. The zero-order valence-electron chi connectivity index (χ0n) is 14.9. The molecule has 0 heterocycles. The van der Waals surface area contributed by atoms with E-state index in [9.17, 15) is 9.59 Å². The summed E-state index contributed by atoms with van der Waals surface area (Å²) in [5.74, 6) is -0.322. The van der Waals surface area contributed by atoms with E-state index in [1.807, 2.05) is 32.9 Å². The molecule has 23 heavy (non-hydrogen) atoms. The highest BCUT2D eigenvalue weighted by Gasteiger charge is 2.26. The first-order valence-corrected chi connectivity index (χ1v) is 8.44. The predicted octanol–water partition coefficient (Wildman–Crippen LogP) is 3.00. The summed E-state index contributed by atoms with van der Waals surface area (Å²) in [7, 11) is 0. The molecule has 1 aromatic rings. The van der Waals surface area contributed by atoms with Crippen LogP contribution in [-0.2, 0) is 16.0 Å². The van der Waals surface area contributed by atoms with E-state index in [1.165, 1.54) is 5.56 Å². The number of nitrogens with two attached hydrogens (primary N) is 1. The standard InChI is InChI=1S/C19H30N2O2/c1-6-13(4)17(18(20)22)21-19(23)14(5)16-9-7-15(8-10-16)11-12(2)3/h7-10,12-14,17H,6,11H2,1-5H3,(H2,20,22)(H,21,23). The van der Waals surface area contributed by atoms with Crippen molar-refractivity contribution in [1.29, 1.82) is 0 Å². The van der Waals surface area contributed by atoms with Gasteiger partial charge in [0, 0.05) is 0 Å². The van der Waals surface area contributed by atoms with Crippen LogP contribution in [0.1, 0.15) is 58.1 Å². The molecule has 3 unspecified atom stereocenters. The average Bonchev–Trinajstić information content (AvgIpc) is 2.50. The van der Waals surface area contributed by atoms with Crippen molar-refractivity contribution >= 4 is 11.8 Å². The summed E-state index contributed by atoms with van der Waals surface area (Å²) in [6.45, 7) is 10.1. The molecule has 0 aliphatic carbocycles. The minimum Gasteiger partial charge on any atom is -0.368 e. The van der Waals surface area contributed by atoms with E-state index in [1.54, 1.807) is 0 Å². The van der Waals surface area contributed by atoms with Gasteiger partial charge in [0.25, 0.3) is 0 Å². The first-order chi connectivity index (χ1) is 10.8. The number of hydrogen-bond donors (Lipinski definition) is 2. The van der Waals surface area contributed by atoms with Gasteiger partial charge in [0.05, 0.1) is 5.92 Å². The Labute approximate surface area is 139 Å². The molecule has 1 rings (SSSR count). The Balaban J connectivity index is 2.77. The van der Waals surface area contributed by atoms with E-state index in [-0.39, 0.29) is 17.7 Å². The Kier molecular flexibility index (Phi) is 7.27. The Bertz CT molecular complexity index is 523. The minimum absolute atomic E-state index is 0.0251. The van der Waals surface area contributed by atoms with Crippen LogP contribution in [0, 0.1) is 11.8 Å². The SMILES string of the molecule is CCC(C)C(NC(=O)C(C)c1ccc(CC(C)C)cc1)C(N)=O. The molecule has 0 aliphatic rings. The fourth-order valence-corrected chi connectivity index (χ4v) is 2.57. The molecule has 0 spiro atoms. The lowest BCUT2D eigenvalue weighted by Crippen LogP contribution is -2.49. The summed E-state index contributed by atoms with van der Waals surface area (Å²) in [6.07, 6.45) is 1.81. The molecule has 128 valence electrons. The normalized spacial score (nSPS) is 15.0. The third-order valence-corrected chi connectivity index (χ3v) is 4.33. The van der Waals surface area contributed by atoms with Gasteiger partial charge in [-0.3, -0.25) is 9.59 Å². The summed E-state index contributed by atoms with van der Waals surface area (Å²) in [6, 6.07) is 7.50. The second-order valence-corrected chi connectivity index (χ2v) is 6.84. The lowest BCUT2D eigenvalue weighted by Gasteiger charge is -2.23. The van der Waals surface area contributed by atoms with E-state index in [0.717, 1.165) is 18.4 Å². The molecule has 3 atom stereocenters. The maximum atomic E-state index is 12.4. The van der Waals surface area contributed by atoms with Crippen molar-refractivity contribution in [2.45, 2.75) is 59.4 Å². The third kappa shape index (κ3) is 5.70. The molecule has 0 aromatic heterocycles. The van der Waals surface area contributed by atoms with Gasteiger partial charge < -0.3 is 11.1 Å². The van der Waals surface area contributed by atoms with Gasteiger partial charge in [-0.25, -0.2) is 0 Å². The van der Waals surface area contributed by atoms with Crippen molar-refractivity contribution in [2.75, 3.05) is 0 Å². The summed E-state index contributed by atoms with van der Waals surface area (Å²) < 4.78 is 0. The summed E-state index contributed by atoms with van der Waals surface area (Å²) in [4.78, 5) is 24.0. The first-order valence-electron chi connectivity index (χ1n) is 8.44. The van der Waals surface area contributed by atoms with Crippen LogP contribution in [0.15, 0.2) is 24.3 Å². The zero-order chi connectivity index (χ0) is 17.6. The number of hydrogen-bond acceptors (Lipinski definition) is 2. The van der Waals surface area contributed by atoms with E-state index in [4.69, 9.17) is 5.73 Å². The van der Waals surface area contributed by atoms with Crippen molar-refractivity contribution < 1.29 is 9.59 Å². The summed E-state index contributed by atoms with van der Waals surface area (Å²) >= 11 is 0. The quantitative estimate of drug-likeness (QED) is 0.773. The van der Waals surface area contributed by atoms with Crippen molar-refractivity contribution in [1.82, 2.24) is 5.32 Å². The second-order valence-electron chi connectivity index (χ2n) is 6.84. The highest BCUT2D eigenvalue weighted by molar-refractivity contribution is 5.89. The monoisotopic (exact) mass is 318 g/mol. The van der Waals surface area contributed by atoms with Gasteiger partial charge >= 0.3 is 0 Å². The number of nitrogens with one attached hydrogen (secondary N) is 1. The Morgan fingerprint density at radius 2 is 1.65 bits per heavy atom. The number of carbonyl (C=O) groups excluding carboxylic acids is 2. The molecule has 1 aromatic carbocycles. The van der Waals surface area contributed by atoms with Gasteiger partial charge in [-0.2, -0.15) is 0 Å². The van der Waals surface area contributed by atoms with Crippen LogP contribution in [0.3, 0.4) is 0 Å². The van der Waals surface area contributed by atoms with Crippen LogP contribution in [0.2, 0.25) is 0 Å². The largest absolute Gasteiger partial charge is 0.368 e. The van der Waals surface area contributed by atoms with Crippen LogP contribution in [0.4, 0.5) is 0 Å².